The van der Waals surface area contributed by atoms with Crippen LogP contribution >= 0.6 is 0 Å². The lowest BCUT2D eigenvalue weighted by Crippen LogP contribution is -2.19. The van der Waals surface area contributed by atoms with Gasteiger partial charge in [0.2, 0.25) is 11.9 Å². The highest BCUT2D eigenvalue weighted by Crippen LogP contribution is 2.47. The summed E-state index contributed by atoms with van der Waals surface area (Å²) in [5.74, 6) is -1.69. The minimum atomic E-state index is -1.12. The number of anilines is 2. The Morgan fingerprint density at radius 2 is 1.95 bits per heavy atom. The Kier molecular flexibility index (Phi) is 6.73. The number of pyridine rings is 3. The van der Waals surface area contributed by atoms with E-state index >= 15 is 0 Å². The van der Waals surface area contributed by atoms with Crippen molar-refractivity contribution in [3.05, 3.63) is 78.0 Å². The van der Waals surface area contributed by atoms with Crippen LogP contribution in [0.4, 0.5) is 25.1 Å². The van der Waals surface area contributed by atoms with Gasteiger partial charge in [-0.25, -0.2) is 18.9 Å². The van der Waals surface area contributed by atoms with Gasteiger partial charge in [-0.1, -0.05) is 11.3 Å². The maximum atomic E-state index is 13.9. The SMILES string of the molecule is C[C@@H](OC(=O)Nc1c(-c2ccc(NC(=O)[C@H]3C[C@@H]3c3ccccn3)cn2)nnn1C)c1cc(F)cnc1F. The van der Waals surface area contributed by atoms with Crippen molar-refractivity contribution < 1.29 is 23.1 Å². The second-order valence-electron chi connectivity index (χ2n) is 8.74. The average Bonchev–Trinajstić information content (AvgIpc) is 3.64. The first-order valence-corrected chi connectivity index (χ1v) is 11.7. The number of carbonyl (C=O) groups is 2. The van der Waals surface area contributed by atoms with E-state index in [0.29, 0.717) is 11.4 Å². The number of nitrogens with zero attached hydrogens (tertiary/aromatic N) is 6. The standard InChI is InChI=1S/C25H22F2N8O3/c1-13(16-9-14(26)11-30-22(16)27)38-25(37)32-23-21(33-34-35(23)2)20-7-6-15(12-29-20)31-24(36)18-10-17(18)19-5-3-4-8-28-19/h3-9,11-13,17-18H,10H2,1-2H3,(H,31,36)(H,32,37)/t13-,17+,18+/m1/s1. The zero-order valence-electron chi connectivity index (χ0n) is 20.3. The van der Waals surface area contributed by atoms with E-state index in [0.717, 1.165) is 24.4 Å². The molecule has 5 rings (SSSR count). The summed E-state index contributed by atoms with van der Waals surface area (Å²) in [6.07, 6.45) is 2.59. The van der Waals surface area contributed by atoms with Gasteiger partial charge in [-0.3, -0.25) is 20.1 Å². The first-order valence-electron chi connectivity index (χ1n) is 11.7. The highest BCUT2D eigenvalue weighted by Gasteiger charge is 2.44. The molecule has 0 radical (unpaired) electrons. The normalized spacial score (nSPS) is 16.9. The summed E-state index contributed by atoms with van der Waals surface area (Å²) in [5, 5.41) is 13.3. The van der Waals surface area contributed by atoms with Crippen LogP contribution in [0.2, 0.25) is 0 Å². The van der Waals surface area contributed by atoms with Gasteiger partial charge in [0.25, 0.3) is 0 Å². The highest BCUT2D eigenvalue weighted by molar-refractivity contribution is 5.95. The van der Waals surface area contributed by atoms with E-state index < -0.39 is 24.0 Å². The van der Waals surface area contributed by atoms with Crippen molar-refractivity contribution in [1.82, 2.24) is 29.9 Å². The molecule has 3 atom stereocenters. The van der Waals surface area contributed by atoms with Gasteiger partial charge >= 0.3 is 6.09 Å². The van der Waals surface area contributed by atoms with Crippen molar-refractivity contribution in [2.45, 2.75) is 25.4 Å². The summed E-state index contributed by atoms with van der Waals surface area (Å²) in [4.78, 5) is 37.1. The third kappa shape index (κ3) is 5.31. The number of hydrogen-bond donors (Lipinski definition) is 2. The van der Waals surface area contributed by atoms with E-state index in [4.69, 9.17) is 4.74 Å². The van der Waals surface area contributed by atoms with Crippen molar-refractivity contribution in [2.75, 3.05) is 10.6 Å². The number of carbonyl (C=O) groups excluding carboxylic acids is 2. The van der Waals surface area contributed by atoms with Crippen LogP contribution in [-0.4, -0.2) is 41.9 Å². The van der Waals surface area contributed by atoms with Gasteiger partial charge in [-0.15, -0.1) is 5.10 Å². The average molecular weight is 521 g/mol. The maximum Gasteiger partial charge on any atom is 0.413 e. The summed E-state index contributed by atoms with van der Waals surface area (Å²) in [6.45, 7) is 1.39. The van der Waals surface area contributed by atoms with E-state index in [2.05, 4.69) is 35.9 Å². The lowest BCUT2D eigenvalue weighted by atomic mass is 10.2. The molecule has 2 amide bonds. The lowest BCUT2D eigenvalue weighted by molar-refractivity contribution is -0.117. The van der Waals surface area contributed by atoms with Crippen LogP contribution in [0.1, 0.15) is 36.6 Å². The Balaban J connectivity index is 1.22. The quantitative estimate of drug-likeness (QED) is 0.349. The number of ether oxygens (including phenoxy) is 1. The number of hydrogen-bond acceptors (Lipinski definition) is 8. The number of rotatable bonds is 7. The summed E-state index contributed by atoms with van der Waals surface area (Å²) in [5.41, 5.74) is 1.81. The van der Waals surface area contributed by atoms with Crippen LogP contribution in [-0.2, 0) is 16.6 Å². The van der Waals surface area contributed by atoms with Crippen molar-refractivity contribution in [3.63, 3.8) is 0 Å². The molecule has 194 valence electrons. The molecule has 4 aromatic rings. The van der Waals surface area contributed by atoms with Crippen LogP contribution in [0, 0.1) is 17.7 Å². The third-order valence-electron chi connectivity index (χ3n) is 6.07. The van der Waals surface area contributed by atoms with Crippen LogP contribution < -0.4 is 10.6 Å². The van der Waals surface area contributed by atoms with E-state index in [1.54, 1.807) is 25.4 Å². The van der Waals surface area contributed by atoms with Crippen molar-refractivity contribution >= 4 is 23.5 Å². The predicted molar refractivity (Wildman–Crippen MR) is 131 cm³/mol. The van der Waals surface area contributed by atoms with E-state index in [-0.39, 0.29) is 34.8 Å². The Hall–Kier alpha value is -4.81. The molecule has 0 spiro atoms. The summed E-state index contributed by atoms with van der Waals surface area (Å²) in [7, 11) is 1.55. The molecular weight excluding hydrogens is 498 g/mol. The molecule has 0 unspecified atom stereocenters. The number of aromatic nitrogens is 6. The fourth-order valence-electron chi connectivity index (χ4n) is 3.99. The number of amides is 2. The summed E-state index contributed by atoms with van der Waals surface area (Å²) >= 11 is 0. The van der Waals surface area contributed by atoms with E-state index in [1.165, 1.54) is 17.8 Å². The Morgan fingerprint density at radius 3 is 2.68 bits per heavy atom. The van der Waals surface area contributed by atoms with Gasteiger partial charge in [-0.2, -0.15) is 4.39 Å². The zero-order valence-corrected chi connectivity index (χ0v) is 20.3. The van der Waals surface area contributed by atoms with Gasteiger partial charge in [0.1, 0.15) is 11.9 Å². The smallest absolute Gasteiger partial charge is 0.413 e. The molecule has 4 heterocycles. The van der Waals surface area contributed by atoms with Crippen LogP contribution in [0.15, 0.2) is 55.0 Å². The third-order valence-corrected chi connectivity index (χ3v) is 6.07. The molecule has 1 saturated carbocycles. The highest BCUT2D eigenvalue weighted by atomic mass is 19.1. The fraction of sp³-hybridized carbons (Fsp3) is 0.240. The molecule has 1 fully saturated rings. The molecule has 13 heteroatoms. The van der Waals surface area contributed by atoms with E-state index in [9.17, 15) is 18.4 Å². The van der Waals surface area contributed by atoms with Crippen molar-refractivity contribution in [1.29, 1.82) is 0 Å². The molecule has 0 saturated heterocycles. The number of nitrogens with one attached hydrogen (secondary N) is 2. The molecule has 1 aliphatic rings. The second-order valence-corrected chi connectivity index (χ2v) is 8.74. The molecule has 4 aromatic heterocycles. The van der Waals surface area contributed by atoms with Gasteiger partial charge in [0.05, 0.1) is 29.3 Å². The monoisotopic (exact) mass is 520 g/mol. The Bertz CT molecular complexity index is 1480. The molecule has 11 nitrogen and oxygen atoms in total. The molecular formula is C25H22F2N8O3. The fourth-order valence-corrected chi connectivity index (χ4v) is 3.99. The first-order chi connectivity index (χ1) is 18.3. The van der Waals surface area contributed by atoms with Crippen LogP contribution in [0.5, 0.6) is 0 Å². The minimum Gasteiger partial charge on any atom is -0.441 e. The van der Waals surface area contributed by atoms with Gasteiger partial charge in [0.15, 0.2) is 11.5 Å². The molecule has 0 aromatic carbocycles. The van der Waals surface area contributed by atoms with E-state index in [1.807, 2.05) is 18.2 Å². The molecule has 38 heavy (non-hydrogen) atoms. The number of halogens is 2. The van der Waals surface area contributed by atoms with Crippen LogP contribution in [0.3, 0.4) is 0 Å². The van der Waals surface area contributed by atoms with Crippen LogP contribution in [0.25, 0.3) is 11.4 Å². The van der Waals surface area contributed by atoms with Crippen molar-refractivity contribution in [3.8, 4) is 11.4 Å². The van der Waals surface area contributed by atoms with Crippen molar-refractivity contribution in [2.24, 2.45) is 13.0 Å². The van der Waals surface area contributed by atoms with Gasteiger partial charge in [0, 0.05) is 30.8 Å². The lowest BCUT2D eigenvalue weighted by Gasteiger charge is -2.15. The largest absolute Gasteiger partial charge is 0.441 e. The minimum absolute atomic E-state index is 0.104. The Labute approximate surface area is 215 Å². The number of aryl methyl sites for hydroxylation is 1. The second kappa shape index (κ2) is 10.3. The molecule has 1 aliphatic carbocycles. The first kappa shape index (κ1) is 24.9. The Morgan fingerprint density at radius 1 is 1.11 bits per heavy atom. The predicted octanol–water partition coefficient (Wildman–Crippen LogP) is 4.00. The summed E-state index contributed by atoms with van der Waals surface area (Å²) < 4.78 is 33.8. The van der Waals surface area contributed by atoms with Gasteiger partial charge in [-0.05, 0) is 43.7 Å². The molecule has 2 N–H and O–H groups in total. The van der Waals surface area contributed by atoms with Gasteiger partial charge < -0.3 is 10.1 Å². The molecule has 0 bridgehead atoms. The molecule has 0 aliphatic heterocycles. The zero-order chi connectivity index (χ0) is 26.8. The summed E-state index contributed by atoms with van der Waals surface area (Å²) in [6, 6.07) is 9.84. The topological polar surface area (TPSA) is 137 Å². The maximum absolute atomic E-state index is 13.9.